The fraction of sp³-hybridized carbons (Fsp3) is 0.588. The normalized spacial score (nSPS) is 10.9. The van der Waals surface area contributed by atoms with Gasteiger partial charge in [-0.05, 0) is 43.5 Å². The van der Waals surface area contributed by atoms with E-state index < -0.39 is 0 Å². The van der Waals surface area contributed by atoms with Gasteiger partial charge < -0.3 is 15.4 Å². The van der Waals surface area contributed by atoms with Crippen molar-refractivity contribution in [2.75, 3.05) is 26.8 Å². The number of carbonyl (C=O) groups is 1. The lowest BCUT2D eigenvalue weighted by atomic mass is 10.0. The molecular formula is C17H28N2O2. The van der Waals surface area contributed by atoms with Crippen molar-refractivity contribution in [2.45, 2.75) is 39.2 Å². The summed E-state index contributed by atoms with van der Waals surface area (Å²) < 4.78 is 5.15. The van der Waals surface area contributed by atoms with Crippen LogP contribution in [-0.4, -0.2) is 43.7 Å². The molecule has 0 atom stereocenters. The summed E-state index contributed by atoms with van der Waals surface area (Å²) in [6.45, 7) is 6.02. The molecule has 0 radical (unpaired) electrons. The molecule has 0 aliphatic rings. The Labute approximate surface area is 128 Å². The maximum Gasteiger partial charge on any atom is 0.254 e. The van der Waals surface area contributed by atoms with Crippen LogP contribution in [-0.2, 0) is 11.2 Å². The van der Waals surface area contributed by atoms with Crippen molar-refractivity contribution in [1.82, 2.24) is 4.90 Å². The highest BCUT2D eigenvalue weighted by atomic mass is 16.5. The minimum absolute atomic E-state index is 0.0830. The van der Waals surface area contributed by atoms with E-state index in [2.05, 4.69) is 13.8 Å². The van der Waals surface area contributed by atoms with Gasteiger partial charge in [0.15, 0.2) is 0 Å². The summed E-state index contributed by atoms with van der Waals surface area (Å²) in [4.78, 5) is 14.7. The van der Waals surface area contributed by atoms with Gasteiger partial charge in [0, 0.05) is 25.3 Å². The molecule has 0 saturated carbocycles. The molecule has 0 heterocycles. The average molecular weight is 292 g/mol. The first-order chi connectivity index (χ1) is 10.2. The zero-order valence-electron chi connectivity index (χ0n) is 13.5. The quantitative estimate of drug-likeness (QED) is 0.760. The van der Waals surface area contributed by atoms with Crippen molar-refractivity contribution in [3.05, 3.63) is 35.4 Å². The van der Waals surface area contributed by atoms with Gasteiger partial charge in [-0.25, -0.2) is 0 Å². The third kappa shape index (κ3) is 5.14. The van der Waals surface area contributed by atoms with E-state index in [0.717, 1.165) is 30.4 Å². The smallest absolute Gasteiger partial charge is 0.254 e. The molecule has 0 saturated heterocycles. The van der Waals surface area contributed by atoms with Crippen molar-refractivity contribution in [1.29, 1.82) is 0 Å². The maximum atomic E-state index is 12.8. The molecule has 1 aromatic carbocycles. The Hall–Kier alpha value is -1.39. The molecule has 118 valence electrons. The van der Waals surface area contributed by atoms with Crippen LogP contribution < -0.4 is 5.73 Å². The number of methoxy groups -OCH3 is 1. The predicted molar refractivity (Wildman–Crippen MR) is 86.5 cm³/mol. The van der Waals surface area contributed by atoms with Gasteiger partial charge in [-0.1, -0.05) is 26.0 Å². The number of nitrogens with zero attached hydrogens (tertiary/aromatic N) is 1. The summed E-state index contributed by atoms with van der Waals surface area (Å²) in [5.41, 5.74) is 7.44. The van der Waals surface area contributed by atoms with E-state index in [-0.39, 0.29) is 11.9 Å². The lowest BCUT2D eigenvalue weighted by molar-refractivity contribution is 0.0589. The molecule has 1 aromatic rings. The van der Waals surface area contributed by atoms with Crippen molar-refractivity contribution in [2.24, 2.45) is 5.73 Å². The first kappa shape index (κ1) is 17.7. The third-order valence-electron chi connectivity index (χ3n) is 3.79. The second-order valence-corrected chi connectivity index (χ2v) is 5.20. The first-order valence-electron chi connectivity index (χ1n) is 7.76. The van der Waals surface area contributed by atoms with Crippen molar-refractivity contribution < 1.29 is 9.53 Å². The van der Waals surface area contributed by atoms with Gasteiger partial charge in [-0.15, -0.1) is 0 Å². The van der Waals surface area contributed by atoms with E-state index in [1.807, 2.05) is 29.2 Å². The van der Waals surface area contributed by atoms with Gasteiger partial charge >= 0.3 is 0 Å². The Kier molecular flexibility index (Phi) is 8.01. The van der Waals surface area contributed by atoms with Crippen molar-refractivity contribution >= 4 is 5.91 Å². The van der Waals surface area contributed by atoms with Crippen LogP contribution in [0.3, 0.4) is 0 Å². The van der Waals surface area contributed by atoms with Crippen LogP contribution in [0.1, 0.15) is 42.6 Å². The first-order valence-corrected chi connectivity index (χ1v) is 7.76. The Bertz CT molecular complexity index is 431. The molecule has 21 heavy (non-hydrogen) atoms. The fourth-order valence-electron chi connectivity index (χ4n) is 2.56. The van der Waals surface area contributed by atoms with E-state index in [0.29, 0.717) is 19.7 Å². The largest absolute Gasteiger partial charge is 0.383 e. The third-order valence-corrected chi connectivity index (χ3v) is 3.79. The van der Waals surface area contributed by atoms with Crippen molar-refractivity contribution in [3.8, 4) is 0 Å². The Morgan fingerprint density at radius 3 is 2.62 bits per heavy atom. The predicted octanol–water partition coefficient (Wildman–Crippen LogP) is 2.46. The number of ether oxygens (including phenoxy) is 1. The summed E-state index contributed by atoms with van der Waals surface area (Å²) in [6, 6.07) is 8.03. The molecule has 2 N–H and O–H groups in total. The van der Waals surface area contributed by atoms with E-state index >= 15 is 0 Å². The summed E-state index contributed by atoms with van der Waals surface area (Å²) in [7, 11) is 1.66. The highest BCUT2D eigenvalue weighted by molar-refractivity contribution is 5.94. The fourth-order valence-corrected chi connectivity index (χ4v) is 2.56. The molecule has 0 bridgehead atoms. The van der Waals surface area contributed by atoms with Crippen LogP contribution >= 0.6 is 0 Å². The maximum absolute atomic E-state index is 12.8. The number of hydrogen-bond donors (Lipinski definition) is 1. The number of hydrogen-bond acceptors (Lipinski definition) is 3. The number of rotatable bonds is 9. The molecule has 1 rings (SSSR count). The SMILES string of the molecule is CCC(CC)N(CCOC)C(=O)c1cccc(CCN)c1. The summed E-state index contributed by atoms with van der Waals surface area (Å²) in [5, 5.41) is 0. The molecule has 4 nitrogen and oxygen atoms in total. The second kappa shape index (κ2) is 9.53. The van der Waals surface area contributed by atoms with E-state index in [1.165, 1.54) is 0 Å². The summed E-state index contributed by atoms with van der Waals surface area (Å²) >= 11 is 0. The zero-order chi connectivity index (χ0) is 15.7. The highest BCUT2D eigenvalue weighted by Crippen LogP contribution is 2.15. The topological polar surface area (TPSA) is 55.6 Å². The molecule has 0 fully saturated rings. The zero-order valence-corrected chi connectivity index (χ0v) is 13.5. The van der Waals surface area contributed by atoms with Gasteiger partial charge in [0.25, 0.3) is 5.91 Å². The van der Waals surface area contributed by atoms with Gasteiger partial charge in [0.2, 0.25) is 0 Å². The summed E-state index contributed by atoms with van der Waals surface area (Å²) in [5.74, 6) is 0.0830. The monoisotopic (exact) mass is 292 g/mol. The molecule has 0 aromatic heterocycles. The van der Waals surface area contributed by atoms with Gasteiger partial charge in [-0.3, -0.25) is 4.79 Å². The molecule has 0 unspecified atom stereocenters. The number of benzene rings is 1. The minimum Gasteiger partial charge on any atom is -0.383 e. The molecule has 4 heteroatoms. The van der Waals surface area contributed by atoms with E-state index in [4.69, 9.17) is 10.5 Å². The number of nitrogens with two attached hydrogens (primary N) is 1. The van der Waals surface area contributed by atoms with Gasteiger partial charge in [0.1, 0.15) is 0 Å². The minimum atomic E-state index is 0.0830. The molecule has 0 spiro atoms. The Morgan fingerprint density at radius 2 is 2.05 bits per heavy atom. The van der Waals surface area contributed by atoms with Crippen molar-refractivity contribution in [3.63, 3.8) is 0 Å². The average Bonchev–Trinajstić information content (AvgIpc) is 2.51. The lowest BCUT2D eigenvalue weighted by Crippen LogP contribution is -2.41. The highest BCUT2D eigenvalue weighted by Gasteiger charge is 2.22. The van der Waals surface area contributed by atoms with E-state index in [1.54, 1.807) is 7.11 Å². The Morgan fingerprint density at radius 1 is 1.33 bits per heavy atom. The van der Waals surface area contributed by atoms with Gasteiger partial charge in [0.05, 0.1) is 6.61 Å². The summed E-state index contributed by atoms with van der Waals surface area (Å²) in [6.07, 6.45) is 2.70. The number of amides is 1. The van der Waals surface area contributed by atoms with Crippen LogP contribution in [0.25, 0.3) is 0 Å². The molecule has 0 aliphatic heterocycles. The van der Waals surface area contributed by atoms with Crippen LogP contribution in [0.15, 0.2) is 24.3 Å². The lowest BCUT2D eigenvalue weighted by Gasteiger charge is -2.30. The molecule has 1 amide bonds. The van der Waals surface area contributed by atoms with E-state index in [9.17, 15) is 4.79 Å². The standard InChI is InChI=1S/C17H28N2O2/c1-4-16(5-2)19(11-12-21-3)17(20)15-8-6-7-14(13-15)9-10-18/h6-8,13,16H,4-5,9-12,18H2,1-3H3. The van der Waals surface area contributed by atoms with Gasteiger partial charge in [-0.2, -0.15) is 0 Å². The Balaban J connectivity index is 2.95. The van der Waals surface area contributed by atoms with Crippen LogP contribution in [0.2, 0.25) is 0 Å². The molecular weight excluding hydrogens is 264 g/mol. The van der Waals surface area contributed by atoms with Crippen LogP contribution in [0.5, 0.6) is 0 Å². The van der Waals surface area contributed by atoms with Crippen LogP contribution in [0.4, 0.5) is 0 Å². The second-order valence-electron chi connectivity index (χ2n) is 5.20. The number of carbonyl (C=O) groups excluding carboxylic acids is 1. The molecule has 0 aliphatic carbocycles. The van der Waals surface area contributed by atoms with Crippen LogP contribution in [0, 0.1) is 0 Å².